The fraction of sp³-hybridized carbons (Fsp3) is 0.154. The summed E-state index contributed by atoms with van der Waals surface area (Å²) in [5.41, 5.74) is 9.56. The van der Waals surface area contributed by atoms with E-state index in [0.29, 0.717) is 0 Å². The van der Waals surface area contributed by atoms with E-state index in [9.17, 15) is 0 Å². The molecule has 1 radical (unpaired) electrons. The van der Waals surface area contributed by atoms with Crippen molar-refractivity contribution in [3.8, 4) is 22.5 Å². The van der Waals surface area contributed by atoms with Crippen LogP contribution in [-0.4, -0.2) is 20.1 Å². The quantitative estimate of drug-likeness (QED) is 0.238. The molecule has 1 aromatic carbocycles. The predicted molar refractivity (Wildman–Crippen MR) is 121 cm³/mol. The van der Waals surface area contributed by atoms with Crippen LogP contribution in [0.5, 0.6) is 0 Å². The number of rotatable bonds is 2. The molecular weight excluding hydrogens is 577 g/mol. The van der Waals surface area contributed by atoms with Gasteiger partial charge in [0.2, 0.25) is 0 Å². The van der Waals surface area contributed by atoms with Gasteiger partial charge >= 0.3 is 0 Å². The Morgan fingerprint density at radius 3 is 2.41 bits per heavy atom. The molecule has 4 heterocycles. The predicted octanol–water partition coefficient (Wildman–Crippen LogP) is 5.86. The Morgan fingerprint density at radius 1 is 0.844 bits per heavy atom. The number of aryl methyl sites for hydroxylation is 1. The molecule has 5 nitrogen and oxygen atoms in total. The summed E-state index contributed by atoms with van der Waals surface area (Å²) in [5, 5.41) is 4.86. The van der Waals surface area contributed by atoms with E-state index >= 15 is 0 Å². The smallest absolute Gasteiger partial charge is 0.160 e. The van der Waals surface area contributed by atoms with Crippen LogP contribution in [0.15, 0.2) is 65.7 Å². The Labute approximate surface area is 201 Å². The van der Waals surface area contributed by atoms with Gasteiger partial charge < -0.3 is 14.5 Å². The molecule has 0 amide bonds. The first-order valence-corrected chi connectivity index (χ1v) is 10.00. The Kier molecular flexibility index (Phi) is 7.62. The molecule has 0 unspecified atom stereocenters. The Bertz CT molecular complexity index is 1320. The average molecular weight is 599 g/mol. The van der Waals surface area contributed by atoms with Crippen molar-refractivity contribution in [2.45, 2.75) is 27.7 Å². The normalized spacial score (nSPS) is 10.2. The number of aromatic nitrogens is 4. The number of pyridine rings is 3. The maximum atomic E-state index is 5.17. The van der Waals surface area contributed by atoms with Crippen molar-refractivity contribution < 1.29 is 24.6 Å². The van der Waals surface area contributed by atoms with Gasteiger partial charge in [-0.05, 0) is 18.0 Å². The van der Waals surface area contributed by atoms with Crippen LogP contribution >= 0.6 is 0 Å². The maximum absolute atomic E-state index is 5.17. The molecule has 0 atom stereocenters. The molecule has 0 aliphatic rings. The first-order chi connectivity index (χ1) is 15.1. The average Bonchev–Trinajstić information content (AvgIpc) is 3.26. The van der Waals surface area contributed by atoms with Crippen molar-refractivity contribution in [1.29, 1.82) is 0 Å². The third kappa shape index (κ3) is 4.82. The summed E-state index contributed by atoms with van der Waals surface area (Å²) in [6.07, 6.45) is 9.75. The van der Waals surface area contributed by atoms with Crippen molar-refractivity contribution in [2.24, 2.45) is 0 Å². The van der Waals surface area contributed by atoms with Crippen LogP contribution in [0.3, 0.4) is 0 Å². The molecule has 4 aromatic heterocycles. The summed E-state index contributed by atoms with van der Waals surface area (Å²) >= 11 is 0. The molecule has 163 valence electrons. The third-order valence-corrected chi connectivity index (χ3v) is 5.43. The molecule has 5 aromatic rings. The molecule has 0 fully saturated rings. The van der Waals surface area contributed by atoms with E-state index in [1.165, 1.54) is 22.3 Å². The van der Waals surface area contributed by atoms with Crippen molar-refractivity contribution in [1.82, 2.24) is 20.1 Å². The van der Waals surface area contributed by atoms with Crippen LogP contribution in [0, 0.1) is 40.0 Å². The van der Waals surface area contributed by atoms with Gasteiger partial charge in [-0.15, -0.1) is 56.7 Å². The van der Waals surface area contributed by atoms with E-state index in [1.807, 2.05) is 36.5 Å². The first kappa shape index (κ1) is 23.5. The minimum absolute atomic E-state index is 0. The fourth-order valence-corrected chi connectivity index (χ4v) is 3.33. The summed E-state index contributed by atoms with van der Waals surface area (Å²) in [7, 11) is 0. The standard InChI is InChI=1S/C15H16N.C11H6N3O.Ir/c1-10-9-14(13(4)12(3)11(10)2)15-7-5-6-8-16-15;1-2-8(6-12-4-1)11-9-7-13-5-3-10(9)15-14-11;/h5-8H,1-4H3;1-5,7H;/q2*-1;. The van der Waals surface area contributed by atoms with E-state index in [0.717, 1.165) is 33.5 Å². The summed E-state index contributed by atoms with van der Waals surface area (Å²) in [5.74, 6) is 0. The molecular formula is C26H22IrN4O-2. The second-order valence-corrected chi connectivity index (χ2v) is 7.28. The van der Waals surface area contributed by atoms with E-state index in [-0.39, 0.29) is 20.1 Å². The molecule has 0 bridgehead atoms. The van der Waals surface area contributed by atoms with Gasteiger partial charge in [-0.2, -0.15) is 0 Å². The van der Waals surface area contributed by atoms with Gasteiger partial charge in [-0.1, -0.05) is 46.0 Å². The van der Waals surface area contributed by atoms with Crippen molar-refractivity contribution in [3.05, 3.63) is 95.7 Å². The van der Waals surface area contributed by atoms with Gasteiger partial charge in [-0.3, -0.25) is 4.98 Å². The number of fused-ring (bicyclic) bond motifs is 1. The molecule has 0 spiro atoms. The molecule has 0 aliphatic carbocycles. The summed E-state index contributed by atoms with van der Waals surface area (Å²) in [6.45, 7) is 8.56. The molecule has 0 saturated heterocycles. The van der Waals surface area contributed by atoms with Gasteiger partial charge in [0.1, 0.15) is 0 Å². The summed E-state index contributed by atoms with van der Waals surface area (Å²) < 4.78 is 5.17. The van der Waals surface area contributed by atoms with E-state index in [1.54, 1.807) is 24.7 Å². The minimum atomic E-state index is 0. The maximum Gasteiger partial charge on any atom is 0.160 e. The number of benzene rings is 1. The number of hydrogen-bond donors (Lipinski definition) is 0. The van der Waals surface area contributed by atoms with Gasteiger partial charge in [-0.25, -0.2) is 0 Å². The largest absolute Gasteiger partial charge is 0.366 e. The van der Waals surface area contributed by atoms with Crippen LogP contribution in [0.2, 0.25) is 0 Å². The van der Waals surface area contributed by atoms with E-state index < -0.39 is 0 Å². The van der Waals surface area contributed by atoms with Gasteiger partial charge in [0.05, 0.1) is 0 Å². The second kappa shape index (κ2) is 10.4. The number of nitrogens with zero attached hydrogens (tertiary/aromatic N) is 4. The Morgan fingerprint density at radius 2 is 1.69 bits per heavy atom. The SMILES string of the molecule is Cc1[c-]c(-c2ccccn2)c(C)c(C)c1C.[Ir].[c-]1ncccc1-c1noc2ccncc12. The Hall–Kier alpha value is -3.21. The van der Waals surface area contributed by atoms with Crippen molar-refractivity contribution >= 4 is 11.0 Å². The van der Waals surface area contributed by atoms with Gasteiger partial charge in [0.25, 0.3) is 0 Å². The molecule has 6 heteroatoms. The minimum Gasteiger partial charge on any atom is -0.366 e. The first-order valence-electron chi connectivity index (χ1n) is 10.00. The Balaban J connectivity index is 0.000000175. The zero-order chi connectivity index (χ0) is 21.8. The summed E-state index contributed by atoms with van der Waals surface area (Å²) in [6, 6.07) is 14.9. The van der Waals surface area contributed by atoms with Crippen molar-refractivity contribution in [2.75, 3.05) is 0 Å². The van der Waals surface area contributed by atoms with Gasteiger partial charge in [0, 0.05) is 55.8 Å². The monoisotopic (exact) mass is 599 g/mol. The fourth-order valence-electron chi connectivity index (χ4n) is 3.33. The molecule has 32 heavy (non-hydrogen) atoms. The zero-order valence-corrected chi connectivity index (χ0v) is 20.7. The second-order valence-electron chi connectivity index (χ2n) is 7.28. The third-order valence-electron chi connectivity index (χ3n) is 5.43. The van der Waals surface area contributed by atoms with Crippen LogP contribution in [0.25, 0.3) is 33.5 Å². The number of hydrogen-bond acceptors (Lipinski definition) is 5. The summed E-state index contributed by atoms with van der Waals surface area (Å²) in [4.78, 5) is 12.3. The molecule has 0 saturated carbocycles. The topological polar surface area (TPSA) is 64.7 Å². The van der Waals surface area contributed by atoms with Crippen LogP contribution in [-0.2, 0) is 20.1 Å². The molecule has 0 N–H and O–H groups in total. The van der Waals surface area contributed by atoms with E-state index in [4.69, 9.17) is 4.52 Å². The van der Waals surface area contributed by atoms with E-state index in [2.05, 4.69) is 60.1 Å². The van der Waals surface area contributed by atoms with Gasteiger partial charge in [0.15, 0.2) is 5.58 Å². The van der Waals surface area contributed by atoms with Crippen LogP contribution < -0.4 is 0 Å². The van der Waals surface area contributed by atoms with Crippen LogP contribution in [0.1, 0.15) is 22.3 Å². The van der Waals surface area contributed by atoms with Crippen LogP contribution in [0.4, 0.5) is 0 Å². The zero-order valence-electron chi connectivity index (χ0n) is 18.3. The molecule has 5 rings (SSSR count). The molecule has 0 aliphatic heterocycles. The van der Waals surface area contributed by atoms with Crippen molar-refractivity contribution in [3.63, 3.8) is 0 Å².